The van der Waals surface area contributed by atoms with Crippen LogP contribution >= 0.6 is 0 Å². The maximum absolute atomic E-state index is 6.25. The molecule has 2 nitrogen and oxygen atoms in total. The van der Waals surface area contributed by atoms with Gasteiger partial charge in [-0.1, -0.05) is 13.8 Å². The number of hydrogen-bond acceptors (Lipinski definition) is 2. The number of rotatable bonds is 1. The standard InChI is InChI=1S/C9H20N2/c1-8(2)9(10)5-4-6-11(3)7-9/h8H,4-7,10H2,1-3H3. The third-order valence-corrected chi connectivity index (χ3v) is 2.90. The SMILES string of the molecule is CC(C)C1(N)CCCN(C)C1. The fourth-order valence-electron chi connectivity index (χ4n) is 1.81. The molecule has 1 atom stereocenters. The molecule has 0 aromatic heterocycles. The summed E-state index contributed by atoms with van der Waals surface area (Å²) in [6.45, 7) is 6.72. The number of likely N-dealkylation sites (N-methyl/N-ethyl adjacent to an activating group) is 1. The van der Waals surface area contributed by atoms with Gasteiger partial charge >= 0.3 is 0 Å². The Morgan fingerprint density at radius 1 is 1.45 bits per heavy atom. The van der Waals surface area contributed by atoms with E-state index in [0.717, 1.165) is 6.54 Å². The molecule has 0 bridgehead atoms. The molecule has 2 N–H and O–H groups in total. The van der Waals surface area contributed by atoms with Crippen molar-refractivity contribution in [3.63, 3.8) is 0 Å². The molecule has 66 valence electrons. The lowest BCUT2D eigenvalue weighted by Crippen LogP contribution is -2.56. The Labute approximate surface area is 69.8 Å². The summed E-state index contributed by atoms with van der Waals surface area (Å²) in [6, 6.07) is 0. The highest BCUT2D eigenvalue weighted by Crippen LogP contribution is 2.24. The van der Waals surface area contributed by atoms with Gasteiger partial charge in [0, 0.05) is 12.1 Å². The number of nitrogens with two attached hydrogens (primary N) is 1. The third kappa shape index (κ3) is 1.94. The van der Waals surface area contributed by atoms with Crippen molar-refractivity contribution in [2.45, 2.75) is 32.2 Å². The normalized spacial score (nSPS) is 34.6. The van der Waals surface area contributed by atoms with Crippen LogP contribution in [0.15, 0.2) is 0 Å². The van der Waals surface area contributed by atoms with Crippen molar-refractivity contribution in [2.24, 2.45) is 11.7 Å². The fourth-order valence-corrected chi connectivity index (χ4v) is 1.81. The van der Waals surface area contributed by atoms with E-state index < -0.39 is 0 Å². The van der Waals surface area contributed by atoms with E-state index in [2.05, 4.69) is 25.8 Å². The summed E-state index contributed by atoms with van der Waals surface area (Å²) >= 11 is 0. The van der Waals surface area contributed by atoms with Crippen LogP contribution in [0.3, 0.4) is 0 Å². The molecule has 0 aromatic rings. The number of piperidine rings is 1. The van der Waals surface area contributed by atoms with Crippen molar-refractivity contribution in [3.8, 4) is 0 Å². The first-order chi connectivity index (χ1) is 5.04. The summed E-state index contributed by atoms with van der Waals surface area (Å²) in [7, 11) is 2.16. The number of nitrogens with zero attached hydrogens (tertiary/aromatic N) is 1. The molecule has 1 aliphatic rings. The quantitative estimate of drug-likeness (QED) is 0.615. The van der Waals surface area contributed by atoms with Gasteiger partial charge in [0.1, 0.15) is 0 Å². The first-order valence-electron chi connectivity index (χ1n) is 4.52. The van der Waals surface area contributed by atoms with Crippen LogP contribution < -0.4 is 5.73 Å². The monoisotopic (exact) mass is 156 g/mol. The average Bonchev–Trinajstić information content (AvgIpc) is 1.86. The van der Waals surface area contributed by atoms with Gasteiger partial charge in [0.05, 0.1) is 0 Å². The maximum atomic E-state index is 6.25. The van der Waals surface area contributed by atoms with Gasteiger partial charge in [-0.25, -0.2) is 0 Å². The summed E-state index contributed by atoms with van der Waals surface area (Å²) in [6.07, 6.45) is 2.44. The Kier molecular flexibility index (Phi) is 2.55. The zero-order chi connectivity index (χ0) is 8.48. The summed E-state index contributed by atoms with van der Waals surface area (Å²) in [5.74, 6) is 0.602. The zero-order valence-corrected chi connectivity index (χ0v) is 7.93. The van der Waals surface area contributed by atoms with Crippen LogP contribution in [0.25, 0.3) is 0 Å². The third-order valence-electron chi connectivity index (χ3n) is 2.90. The van der Waals surface area contributed by atoms with E-state index >= 15 is 0 Å². The Morgan fingerprint density at radius 2 is 2.09 bits per heavy atom. The second kappa shape index (κ2) is 3.11. The highest BCUT2D eigenvalue weighted by Gasteiger charge is 2.32. The Bertz CT molecular complexity index is 134. The Balaban J connectivity index is 2.55. The van der Waals surface area contributed by atoms with Crippen LogP contribution in [0.2, 0.25) is 0 Å². The van der Waals surface area contributed by atoms with Crippen LogP contribution in [0.5, 0.6) is 0 Å². The van der Waals surface area contributed by atoms with Crippen molar-refractivity contribution in [3.05, 3.63) is 0 Å². The highest BCUT2D eigenvalue weighted by atomic mass is 15.1. The number of likely N-dealkylation sites (tertiary alicyclic amines) is 1. The van der Waals surface area contributed by atoms with E-state index in [9.17, 15) is 0 Å². The molecule has 0 aromatic carbocycles. The molecule has 0 radical (unpaired) electrons. The van der Waals surface area contributed by atoms with E-state index in [1.54, 1.807) is 0 Å². The summed E-state index contributed by atoms with van der Waals surface area (Å²) in [5.41, 5.74) is 6.33. The van der Waals surface area contributed by atoms with Crippen molar-refractivity contribution in [1.82, 2.24) is 4.90 Å². The van der Waals surface area contributed by atoms with E-state index in [0.29, 0.717) is 5.92 Å². The van der Waals surface area contributed by atoms with Crippen molar-refractivity contribution in [2.75, 3.05) is 20.1 Å². The topological polar surface area (TPSA) is 29.3 Å². The lowest BCUT2D eigenvalue weighted by Gasteiger charge is -2.41. The Morgan fingerprint density at radius 3 is 2.45 bits per heavy atom. The molecular formula is C9H20N2. The van der Waals surface area contributed by atoms with Crippen molar-refractivity contribution >= 4 is 0 Å². The smallest absolute Gasteiger partial charge is 0.0307 e. The molecule has 1 aliphatic heterocycles. The zero-order valence-electron chi connectivity index (χ0n) is 7.93. The minimum atomic E-state index is 0.0764. The average molecular weight is 156 g/mol. The highest BCUT2D eigenvalue weighted by molar-refractivity contribution is 4.92. The number of hydrogen-bond donors (Lipinski definition) is 1. The second-order valence-electron chi connectivity index (χ2n) is 4.23. The van der Waals surface area contributed by atoms with Crippen LogP contribution in [0, 0.1) is 5.92 Å². The largest absolute Gasteiger partial charge is 0.324 e. The minimum absolute atomic E-state index is 0.0764. The summed E-state index contributed by atoms with van der Waals surface area (Å²) < 4.78 is 0. The van der Waals surface area contributed by atoms with Gasteiger partial charge in [-0.15, -0.1) is 0 Å². The second-order valence-corrected chi connectivity index (χ2v) is 4.23. The predicted octanol–water partition coefficient (Wildman–Crippen LogP) is 1.07. The molecule has 1 rings (SSSR count). The first-order valence-corrected chi connectivity index (χ1v) is 4.52. The van der Waals surface area contributed by atoms with E-state index in [1.807, 2.05) is 0 Å². The van der Waals surface area contributed by atoms with Gasteiger partial charge in [0.25, 0.3) is 0 Å². The van der Waals surface area contributed by atoms with E-state index in [4.69, 9.17) is 5.73 Å². The van der Waals surface area contributed by atoms with Crippen molar-refractivity contribution < 1.29 is 0 Å². The maximum Gasteiger partial charge on any atom is 0.0307 e. The van der Waals surface area contributed by atoms with Gasteiger partial charge < -0.3 is 10.6 Å². The van der Waals surface area contributed by atoms with Gasteiger partial charge in [-0.05, 0) is 32.4 Å². The van der Waals surface area contributed by atoms with Gasteiger partial charge in [0.2, 0.25) is 0 Å². The minimum Gasteiger partial charge on any atom is -0.324 e. The molecule has 0 spiro atoms. The molecule has 1 unspecified atom stereocenters. The molecule has 0 saturated carbocycles. The van der Waals surface area contributed by atoms with Crippen LogP contribution in [0.1, 0.15) is 26.7 Å². The molecule has 2 heteroatoms. The van der Waals surface area contributed by atoms with Gasteiger partial charge in [-0.2, -0.15) is 0 Å². The van der Waals surface area contributed by atoms with Crippen LogP contribution in [-0.2, 0) is 0 Å². The fraction of sp³-hybridized carbons (Fsp3) is 1.00. The summed E-state index contributed by atoms with van der Waals surface area (Å²) in [4.78, 5) is 2.34. The first kappa shape index (κ1) is 9.01. The predicted molar refractivity (Wildman–Crippen MR) is 48.5 cm³/mol. The Hall–Kier alpha value is -0.0800. The van der Waals surface area contributed by atoms with E-state index in [1.165, 1.54) is 19.4 Å². The van der Waals surface area contributed by atoms with Crippen LogP contribution in [-0.4, -0.2) is 30.6 Å². The van der Waals surface area contributed by atoms with Gasteiger partial charge in [-0.3, -0.25) is 0 Å². The van der Waals surface area contributed by atoms with Crippen molar-refractivity contribution in [1.29, 1.82) is 0 Å². The molecule has 11 heavy (non-hydrogen) atoms. The molecule has 0 amide bonds. The molecule has 0 aliphatic carbocycles. The molecule has 1 saturated heterocycles. The lowest BCUT2D eigenvalue weighted by molar-refractivity contribution is 0.139. The molecule has 1 fully saturated rings. The molecule has 1 heterocycles. The lowest BCUT2D eigenvalue weighted by atomic mass is 9.80. The van der Waals surface area contributed by atoms with Crippen LogP contribution in [0.4, 0.5) is 0 Å². The summed E-state index contributed by atoms with van der Waals surface area (Å²) in [5, 5.41) is 0. The van der Waals surface area contributed by atoms with E-state index in [-0.39, 0.29) is 5.54 Å². The van der Waals surface area contributed by atoms with Gasteiger partial charge in [0.15, 0.2) is 0 Å². The molecular weight excluding hydrogens is 136 g/mol.